The Balaban J connectivity index is 0.000000321. The third-order valence-corrected chi connectivity index (χ3v) is 2.90. The molecule has 1 saturated heterocycles. The van der Waals surface area contributed by atoms with Crippen LogP contribution in [0.25, 0.3) is 5.32 Å². The van der Waals surface area contributed by atoms with Crippen molar-refractivity contribution in [3.8, 4) is 5.75 Å². The quantitative estimate of drug-likeness (QED) is 0.806. The van der Waals surface area contributed by atoms with Gasteiger partial charge < -0.3 is 15.3 Å². The second-order valence-electron chi connectivity index (χ2n) is 4.34. The topological polar surface area (TPSA) is 37.6 Å². The molecule has 18 heavy (non-hydrogen) atoms. The van der Waals surface area contributed by atoms with Crippen LogP contribution in [0.1, 0.15) is 18.1 Å². The van der Waals surface area contributed by atoms with Crippen molar-refractivity contribution in [1.29, 1.82) is 0 Å². The smallest absolute Gasteiger partial charge is 0.660 e. The van der Waals surface area contributed by atoms with Gasteiger partial charge in [-0.3, -0.25) is 0 Å². The summed E-state index contributed by atoms with van der Waals surface area (Å²) in [5, 5.41) is 13.6. The minimum absolute atomic E-state index is 0. The van der Waals surface area contributed by atoms with E-state index in [4.69, 9.17) is 0 Å². The molecule has 0 atom stereocenters. The fraction of sp³-hybridized carbons (Fsp3) is 0.571. The predicted molar refractivity (Wildman–Crippen MR) is 71.6 cm³/mol. The number of aromatic hydroxyl groups is 1. The van der Waals surface area contributed by atoms with Crippen LogP contribution in [0.2, 0.25) is 0 Å². The number of likely N-dealkylation sites (N-methyl/N-ethyl adjacent to an activating group) is 1. The maximum absolute atomic E-state index is 9.38. The second-order valence-corrected chi connectivity index (χ2v) is 4.34. The summed E-state index contributed by atoms with van der Waals surface area (Å²) in [6, 6.07) is 6.57. The number of phenolic OH excluding ortho intramolecular Hbond substituents is 1. The van der Waals surface area contributed by atoms with Gasteiger partial charge >= 0.3 is 32.7 Å². The van der Waals surface area contributed by atoms with E-state index in [9.17, 15) is 5.11 Å². The van der Waals surface area contributed by atoms with Crippen molar-refractivity contribution in [3.63, 3.8) is 0 Å². The minimum Gasteiger partial charge on any atom is -0.660 e. The molecule has 0 aliphatic carbocycles. The molecule has 0 radical (unpaired) electrons. The van der Waals surface area contributed by atoms with Crippen LogP contribution < -0.4 is 0 Å². The molecule has 3 nitrogen and oxygen atoms in total. The molecule has 4 heteroatoms. The van der Waals surface area contributed by atoms with E-state index in [0.717, 1.165) is 43.7 Å². The number of benzene rings is 1. The number of phenols is 1. The van der Waals surface area contributed by atoms with Gasteiger partial charge in [0, 0.05) is 5.75 Å². The molecule has 1 aromatic rings. The molecule has 0 spiro atoms. The van der Waals surface area contributed by atoms with Crippen molar-refractivity contribution >= 4 is 0 Å². The van der Waals surface area contributed by atoms with E-state index in [0.29, 0.717) is 5.75 Å². The normalized spacial score (nSPS) is 15.3. The fourth-order valence-electron chi connectivity index (χ4n) is 1.63. The zero-order valence-corrected chi connectivity index (χ0v) is 14.4. The third-order valence-electron chi connectivity index (χ3n) is 2.90. The van der Waals surface area contributed by atoms with E-state index >= 15 is 0 Å². The Bertz CT molecular complexity index is 339. The van der Waals surface area contributed by atoms with Crippen molar-refractivity contribution in [2.75, 3.05) is 33.2 Å². The molecule has 0 amide bonds. The molecule has 0 saturated carbocycles. The van der Waals surface area contributed by atoms with Gasteiger partial charge in [0.1, 0.15) is 0 Å². The van der Waals surface area contributed by atoms with Crippen LogP contribution in [0.15, 0.2) is 12.1 Å². The van der Waals surface area contributed by atoms with E-state index in [1.807, 2.05) is 19.9 Å². The summed E-state index contributed by atoms with van der Waals surface area (Å²) in [5.41, 5.74) is 1.87. The number of hydrogen-bond acceptors (Lipinski definition) is 2. The van der Waals surface area contributed by atoms with E-state index in [2.05, 4.69) is 23.3 Å². The molecule has 96 valence electrons. The molecule has 1 N–H and O–H groups in total. The molecular formula is C14H22N2OY+. The zero-order chi connectivity index (χ0) is 12.7. The van der Waals surface area contributed by atoms with Crippen LogP contribution >= 0.6 is 0 Å². The molecule has 0 bridgehead atoms. The SMILES string of the molecule is CCc1c[c-]cc(C)c1O.CN1CC[N-]CC1.[Y+3]. The largest absolute Gasteiger partial charge is 3.00 e. The van der Waals surface area contributed by atoms with Gasteiger partial charge in [-0.25, -0.2) is 0 Å². The Morgan fingerprint density at radius 1 is 1.33 bits per heavy atom. The zero-order valence-electron chi connectivity index (χ0n) is 11.6. The van der Waals surface area contributed by atoms with Crippen molar-refractivity contribution < 1.29 is 37.8 Å². The molecular weight excluding hydrogens is 301 g/mol. The fourth-order valence-corrected chi connectivity index (χ4v) is 1.63. The van der Waals surface area contributed by atoms with Crippen molar-refractivity contribution in [1.82, 2.24) is 4.90 Å². The van der Waals surface area contributed by atoms with Gasteiger partial charge in [0.05, 0.1) is 0 Å². The van der Waals surface area contributed by atoms with Crippen molar-refractivity contribution in [2.24, 2.45) is 0 Å². The Morgan fingerprint density at radius 3 is 2.33 bits per heavy atom. The second kappa shape index (κ2) is 9.91. The Hall–Kier alpha value is 0.0439. The molecule has 2 rings (SSSR count). The van der Waals surface area contributed by atoms with E-state index in [1.165, 1.54) is 0 Å². The maximum atomic E-state index is 9.38. The first-order valence-electron chi connectivity index (χ1n) is 6.15. The molecule has 1 aromatic carbocycles. The molecule has 0 aromatic heterocycles. The van der Waals surface area contributed by atoms with Crippen LogP contribution in [-0.2, 0) is 39.1 Å². The van der Waals surface area contributed by atoms with Gasteiger partial charge in [0.2, 0.25) is 0 Å². The van der Waals surface area contributed by atoms with Crippen LogP contribution in [0.5, 0.6) is 5.75 Å². The molecule has 1 aliphatic heterocycles. The monoisotopic (exact) mass is 323 g/mol. The standard InChI is InChI=1S/C9H11O.C5H11N2.Y/c1-3-8-6-4-5-7(2)9(8)10;1-7-4-2-6-3-5-7;/h5-6,10H,3H2,1-2H3;2-5H2,1H3;/q2*-1;+3. The first-order valence-corrected chi connectivity index (χ1v) is 6.15. The van der Waals surface area contributed by atoms with Gasteiger partial charge in [0.15, 0.2) is 0 Å². The molecule has 1 fully saturated rings. The summed E-state index contributed by atoms with van der Waals surface area (Å²) >= 11 is 0. The minimum atomic E-state index is 0. The van der Waals surface area contributed by atoms with Crippen LogP contribution in [-0.4, -0.2) is 43.2 Å². The Kier molecular flexibility index (Phi) is 9.93. The Labute approximate surface area is 136 Å². The number of hydrogen-bond donors (Lipinski definition) is 1. The number of piperazine rings is 1. The van der Waals surface area contributed by atoms with E-state index in [1.54, 1.807) is 6.07 Å². The predicted octanol–water partition coefficient (Wildman–Crippen LogP) is 2.37. The van der Waals surface area contributed by atoms with Crippen molar-refractivity contribution in [2.45, 2.75) is 20.3 Å². The van der Waals surface area contributed by atoms with Gasteiger partial charge in [-0.15, -0.1) is 24.2 Å². The van der Waals surface area contributed by atoms with Crippen LogP contribution in [0.3, 0.4) is 0 Å². The summed E-state index contributed by atoms with van der Waals surface area (Å²) in [4.78, 5) is 2.30. The number of nitrogens with zero attached hydrogens (tertiary/aromatic N) is 2. The first-order chi connectivity index (χ1) is 8.15. The summed E-state index contributed by atoms with van der Waals surface area (Å²) in [6.07, 6.45) is 0.865. The van der Waals surface area contributed by atoms with Gasteiger partial charge in [0.25, 0.3) is 0 Å². The van der Waals surface area contributed by atoms with E-state index in [-0.39, 0.29) is 32.7 Å². The Morgan fingerprint density at radius 2 is 1.94 bits per heavy atom. The summed E-state index contributed by atoms with van der Waals surface area (Å²) in [7, 11) is 2.13. The third kappa shape index (κ3) is 6.28. The van der Waals surface area contributed by atoms with Crippen LogP contribution in [0, 0.1) is 13.0 Å². The van der Waals surface area contributed by atoms with Gasteiger partial charge in [-0.2, -0.15) is 18.2 Å². The first kappa shape index (κ1) is 18.0. The molecule has 1 heterocycles. The summed E-state index contributed by atoms with van der Waals surface area (Å²) in [6.45, 7) is 8.28. The summed E-state index contributed by atoms with van der Waals surface area (Å²) in [5.74, 6) is 0.418. The van der Waals surface area contributed by atoms with Crippen LogP contribution in [0.4, 0.5) is 0 Å². The number of rotatable bonds is 1. The summed E-state index contributed by atoms with van der Waals surface area (Å²) < 4.78 is 0. The molecule has 1 aliphatic rings. The van der Waals surface area contributed by atoms with Gasteiger partial charge in [-0.1, -0.05) is 20.3 Å². The average Bonchev–Trinajstić information content (AvgIpc) is 2.34. The maximum Gasteiger partial charge on any atom is 3.00 e. The van der Waals surface area contributed by atoms with Gasteiger partial charge in [-0.05, 0) is 20.1 Å². The average molecular weight is 323 g/mol. The van der Waals surface area contributed by atoms with Crippen molar-refractivity contribution in [3.05, 3.63) is 34.6 Å². The number of aryl methyl sites for hydroxylation is 2. The van der Waals surface area contributed by atoms with E-state index < -0.39 is 0 Å². The molecule has 0 unspecified atom stereocenters.